The average molecular weight is 317 g/mol. The first kappa shape index (κ1) is 12.8. The standard InChI is InChI=1S/C11H10BrFN2O3/c12-7-1-2-8(13)9(3-7)14-11(18)15-4-6(5-15)10(16)17/h1-3,6H,4-5H2,(H,14,18)(H,16,17). The van der Waals surface area contributed by atoms with Crippen molar-refractivity contribution in [3.05, 3.63) is 28.5 Å². The number of benzene rings is 1. The highest BCUT2D eigenvalue weighted by Gasteiger charge is 2.35. The second-order valence-corrected chi connectivity index (χ2v) is 4.91. The molecule has 1 fully saturated rings. The summed E-state index contributed by atoms with van der Waals surface area (Å²) in [4.78, 5) is 23.6. The van der Waals surface area contributed by atoms with Gasteiger partial charge < -0.3 is 15.3 Å². The summed E-state index contributed by atoms with van der Waals surface area (Å²) in [6.07, 6.45) is 0. The summed E-state index contributed by atoms with van der Waals surface area (Å²) < 4.78 is 14.0. The molecule has 1 aliphatic heterocycles. The molecule has 96 valence electrons. The van der Waals surface area contributed by atoms with Crippen LogP contribution < -0.4 is 5.32 Å². The van der Waals surface area contributed by atoms with Crippen molar-refractivity contribution in [2.75, 3.05) is 18.4 Å². The molecule has 2 N–H and O–H groups in total. The lowest BCUT2D eigenvalue weighted by atomic mass is 10.0. The average Bonchev–Trinajstić information content (AvgIpc) is 2.20. The fourth-order valence-electron chi connectivity index (χ4n) is 1.59. The number of nitrogens with one attached hydrogen (secondary N) is 1. The molecule has 2 amide bonds. The third-order valence-electron chi connectivity index (χ3n) is 2.69. The molecule has 0 unspecified atom stereocenters. The highest BCUT2D eigenvalue weighted by molar-refractivity contribution is 9.10. The number of aliphatic carboxylic acids is 1. The Morgan fingerprint density at radius 2 is 2.11 bits per heavy atom. The van der Waals surface area contributed by atoms with E-state index in [9.17, 15) is 14.0 Å². The van der Waals surface area contributed by atoms with Gasteiger partial charge in [-0.25, -0.2) is 9.18 Å². The molecule has 2 rings (SSSR count). The first-order chi connectivity index (χ1) is 8.47. The Bertz CT molecular complexity index is 503. The number of rotatable bonds is 2. The molecular formula is C11H10BrFN2O3. The number of urea groups is 1. The minimum absolute atomic E-state index is 0.0631. The van der Waals surface area contributed by atoms with Crippen LogP contribution in [0.4, 0.5) is 14.9 Å². The van der Waals surface area contributed by atoms with Gasteiger partial charge in [0.05, 0.1) is 11.6 Å². The molecule has 1 aromatic rings. The van der Waals surface area contributed by atoms with Gasteiger partial charge in [-0.3, -0.25) is 4.79 Å². The number of likely N-dealkylation sites (tertiary alicyclic amines) is 1. The van der Waals surface area contributed by atoms with E-state index in [0.29, 0.717) is 4.47 Å². The van der Waals surface area contributed by atoms with Crippen LogP contribution in [0.25, 0.3) is 0 Å². The molecule has 1 aromatic carbocycles. The van der Waals surface area contributed by atoms with Gasteiger partial charge in [0, 0.05) is 17.6 Å². The normalized spacial score (nSPS) is 15.1. The van der Waals surface area contributed by atoms with Crippen LogP contribution >= 0.6 is 15.9 Å². The summed E-state index contributed by atoms with van der Waals surface area (Å²) >= 11 is 3.17. The first-order valence-electron chi connectivity index (χ1n) is 5.21. The number of carboxylic acids is 1. The van der Waals surface area contributed by atoms with E-state index in [-0.39, 0.29) is 18.8 Å². The quantitative estimate of drug-likeness (QED) is 0.878. The third kappa shape index (κ3) is 2.61. The Balaban J connectivity index is 1.96. The van der Waals surface area contributed by atoms with Crippen LogP contribution in [0.1, 0.15) is 0 Å². The lowest BCUT2D eigenvalue weighted by molar-refractivity contribution is -0.145. The minimum atomic E-state index is -0.923. The number of hydrogen-bond donors (Lipinski definition) is 2. The van der Waals surface area contributed by atoms with Crippen LogP contribution in [-0.2, 0) is 4.79 Å². The van der Waals surface area contributed by atoms with E-state index in [0.717, 1.165) is 0 Å². The molecular weight excluding hydrogens is 307 g/mol. The van der Waals surface area contributed by atoms with E-state index in [4.69, 9.17) is 5.11 Å². The topological polar surface area (TPSA) is 69.6 Å². The second kappa shape index (κ2) is 4.93. The van der Waals surface area contributed by atoms with Crippen molar-refractivity contribution < 1.29 is 19.1 Å². The van der Waals surface area contributed by atoms with Crippen LogP contribution in [0, 0.1) is 11.7 Å². The molecule has 5 nitrogen and oxygen atoms in total. The number of carbonyl (C=O) groups excluding carboxylic acids is 1. The van der Waals surface area contributed by atoms with Crippen molar-refractivity contribution in [2.45, 2.75) is 0 Å². The molecule has 1 aliphatic rings. The van der Waals surface area contributed by atoms with E-state index in [1.165, 1.54) is 23.1 Å². The third-order valence-corrected chi connectivity index (χ3v) is 3.18. The van der Waals surface area contributed by atoms with Gasteiger partial charge in [-0.15, -0.1) is 0 Å². The van der Waals surface area contributed by atoms with E-state index < -0.39 is 23.7 Å². The molecule has 0 spiro atoms. The van der Waals surface area contributed by atoms with Gasteiger partial charge in [-0.2, -0.15) is 0 Å². The highest BCUT2D eigenvalue weighted by Crippen LogP contribution is 2.22. The van der Waals surface area contributed by atoms with Crippen LogP contribution in [-0.4, -0.2) is 35.1 Å². The summed E-state index contributed by atoms with van der Waals surface area (Å²) in [5, 5.41) is 11.1. The zero-order valence-corrected chi connectivity index (χ0v) is 10.8. The van der Waals surface area contributed by atoms with Gasteiger partial charge in [0.1, 0.15) is 5.82 Å². The summed E-state index contributed by atoms with van der Waals surface area (Å²) in [6, 6.07) is 3.71. The summed E-state index contributed by atoms with van der Waals surface area (Å²) in [5.74, 6) is -1.99. The minimum Gasteiger partial charge on any atom is -0.481 e. The molecule has 0 atom stereocenters. The van der Waals surface area contributed by atoms with Crippen molar-refractivity contribution in [3.63, 3.8) is 0 Å². The van der Waals surface area contributed by atoms with E-state index in [1.54, 1.807) is 0 Å². The smallest absolute Gasteiger partial charge is 0.321 e. The van der Waals surface area contributed by atoms with Crippen molar-refractivity contribution in [1.29, 1.82) is 0 Å². The van der Waals surface area contributed by atoms with Crippen molar-refractivity contribution >= 4 is 33.6 Å². The maximum Gasteiger partial charge on any atom is 0.321 e. The summed E-state index contributed by atoms with van der Waals surface area (Å²) in [6.45, 7) is 0.299. The molecule has 18 heavy (non-hydrogen) atoms. The Morgan fingerprint density at radius 1 is 1.44 bits per heavy atom. The molecule has 1 heterocycles. The predicted octanol–water partition coefficient (Wildman–Crippen LogP) is 2.14. The van der Waals surface area contributed by atoms with Gasteiger partial charge in [-0.1, -0.05) is 15.9 Å². The van der Waals surface area contributed by atoms with Crippen molar-refractivity contribution in [2.24, 2.45) is 5.92 Å². The number of anilines is 1. The van der Waals surface area contributed by atoms with Crippen LogP contribution in [0.15, 0.2) is 22.7 Å². The molecule has 0 aliphatic carbocycles. The molecule has 1 saturated heterocycles. The maximum absolute atomic E-state index is 13.4. The van der Waals surface area contributed by atoms with E-state index in [1.807, 2.05) is 0 Å². The van der Waals surface area contributed by atoms with E-state index in [2.05, 4.69) is 21.2 Å². The number of hydrogen-bond acceptors (Lipinski definition) is 2. The van der Waals surface area contributed by atoms with Crippen molar-refractivity contribution in [1.82, 2.24) is 4.90 Å². The number of amides is 2. The molecule has 0 radical (unpaired) electrons. The Kier molecular flexibility index (Phi) is 3.51. The monoisotopic (exact) mass is 316 g/mol. The zero-order chi connectivity index (χ0) is 13.3. The fraction of sp³-hybridized carbons (Fsp3) is 0.273. The second-order valence-electron chi connectivity index (χ2n) is 3.99. The van der Waals surface area contributed by atoms with Crippen LogP contribution in [0.2, 0.25) is 0 Å². The lowest BCUT2D eigenvalue weighted by Crippen LogP contribution is -2.54. The zero-order valence-electron chi connectivity index (χ0n) is 9.19. The highest BCUT2D eigenvalue weighted by atomic mass is 79.9. The Hall–Kier alpha value is -1.63. The molecule has 0 aromatic heterocycles. The fourth-order valence-corrected chi connectivity index (χ4v) is 1.95. The molecule has 7 heteroatoms. The van der Waals surface area contributed by atoms with Crippen molar-refractivity contribution in [3.8, 4) is 0 Å². The number of carboxylic acid groups (broad SMARTS) is 1. The lowest BCUT2D eigenvalue weighted by Gasteiger charge is -2.36. The predicted molar refractivity (Wildman–Crippen MR) is 65.8 cm³/mol. The Labute approximate surface area is 111 Å². The number of nitrogens with zero attached hydrogens (tertiary/aromatic N) is 1. The molecule has 0 saturated carbocycles. The molecule has 0 bridgehead atoms. The van der Waals surface area contributed by atoms with Crippen LogP contribution in [0.5, 0.6) is 0 Å². The SMILES string of the molecule is O=C(O)C1CN(C(=O)Nc2cc(Br)ccc2F)C1. The van der Waals surface area contributed by atoms with Gasteiger partial charge >= 0.3 is 12.0 Å². The van der Waals surface area contributed by atoms with E-state index >= 15 is 0 Å². The number of carbonyl (C=O) groups is 2. The van der Waals surface area contributed by atoms with Gasteiger partial charge in [-0.05, 0) is 18.2 Å². The van der Waals surface area contributed by atoms with Gasteiger partial charge in [0.25, 0.3) is 0 Å². The summed E-state index contributed by atoms with van der Waals surface area (Å²) in [5.41, 5.74) is 0.0631. The number of halogens is 2. The van der Waals surface area contributed by atoms with Gasteiger partial charge in [0.2, 0.25) is 0 Å². The van der Waals surface area contributed by atoms with Crippen LogP contribution in [0.3, 0.4) is 0 Å². The Morgan fingerprint density at radius 3 is 2.72 bits per heavy atom. The maximum atomic E-state index is 13.4. The van der Waals surface area contributed by atoms with Gasteiger partial charge in [0.15, 0.2) is 0 Å². The summed E-state index contributed by atoms with van der Waals surface area (Å²) in [7, 11) is 0. The largest absolute Gasteiger partial charge is 0.481 e. The first-order valence-corrected chi connectivity index (χ1v) is 6.00.